The number of benzene rings is 1. The third kappa shape index (κ3) is 3.77. The Hall–Kier alpha value is -1.36. The van der Waals surface area contributed by atoms with Gasteiger partial charge in [-0.15, -0.1) is 0 Å². The number of nitrogens with one attached hydrogen (secondary N) is 1. The van der Waals surface area contributed by atoms with E-state index in [2.05, 4.69) is 34.1 Å². The number of ether oxygens (including phenoxy) is 2. The first-order chi connectivity index (χ1) is 11.4. The van der Waals surface area contributed by atoms with Crippen molar-refractivity contribution >= 4 is 10.9 Å². The molecule has 0 saturated carbocycles. The standard InChI is InChI=1S/C19H26N2O2/c1-2-17-3-7-20-19(17)11-15(1)12-21-8-4-18(5-9-21)23-14-16-6-10-22-13-16/h1-3,7,11,16,18,20H,4-6,8-10,12-14H2. The molecule has 0 bridgehead atoms. The first kappa shape index (κ1) is 15.2. The second-order valence-corrected chi connectivity index (χ2v) is 6.94. The first-order valence-corrected chi connectivity index (χ1v) is 8.84. The van der Waals surface area contributed by atoms with Crippen molar-refractivity contribution in [2.45, 2.75) is 31.9 Å². The number of H-pyrrole nitrogens is 1. The summed E-state index contributed by atoms with van der Waals surface area (Å²) in [4.78, 5) is 5.84. The summed E-state index contributed by atoms with van der Waals surface area (Å²) in [6.45, 7) is 5.99. The van der Waals surface area contributed by atoms with Crippen LogP contribution < -0.4 is 0 Å². The van der Waals surface area contributed by atoms with Crippen LogP contribution in [-0.4, -0.2) is 48.9 Å². The molecule has 2 aromatic rings. The van der Waals surface area contributed by atoms with E-state index >= 15 is 0 Å². The average Bonchev–Trinajstić information content (AvgIpc) is 3.25. The lowest BCUT2D eigenvalue weighted by molar-refractivity contribution is -0.0116. The van der Waals surface area contributed by atoms with Gasteiger partial charge >= 0.3 is 0 Å². The van der Waals surface area contributed by atoms with Crippen molar-refractivity contribution in [2.75, 3.05) is 32.9 Å². The molecule has 124 valence electrons. The van der Waals surface area contributed by atoms with Gasteiger partial charge in [-0.2, -0.15) is 0 Å². The fourth-order valence-corrected chi connectivity index (χ4v) is 3.67. The van der Waals surface area contributed by atoms with Crippen molar-refractivity contribution in [1.82, 2.24) is 9.88 Å². The summed E-state index contributed by atoms with van der Waals surface area (Å²) in [7, 11) is 0. The first-order valence-electron chi connectivity index (χ1n) is 8.84. The highest BCUT2D eigenvalue weighted by molar-refractivity contribution is 5.79. The van der Waals surface area contributed by atoms with Crippen LogP contribution in [0.3, 0.4) is 0 Å². The lowest BCUT2D eigenvalue weighted by Gasteiger charge is -2.32. The molecule has 0 radical (unpaired) electrons. The van der Waals surface area contributed by atoms with E-state index < -0.39 is 0 Å². The molecule has 1 aromatic carbocycles. The van der Waals surface area contributed by atoms with Crippen LogP contribution in [0, 0.1) is 5.92 Å². The van der Waals surface area contributed by atoms with E-state index in [1.54, 1.807) is 0 Å². The number of piperidine rings is 1. The number of aromatic amines is 1. The Labute approximate surface area is 137 Å². The summed E-state index contributed by atoms with van der Waals surface area (Å²) in [6, 6.07) is 8.86. The lowest BCUT2D eigenvalue weighted by atomic mass is 10.1. The van der Waals surface area contributed by atoms with Gasteiger partial charge in [-0.25, -0.2) is 0 Å². The van der Waals surface area contributed by atoms with Crippen LogP contribution in [0.15, 0.2) is 30.5 Å². The number of hydrogen-bond acceptors (Lipinski definition) is 3. The second-order valence-electron chi connectivity index (χ2n) is 6.94. The van der Waals surface area contributed by atoms with Crippen LogP contribution >= 0.6 is 0 Å². The third-order valence-electron chi connectivity index (χ3n) is 5.15. The van der Waals surface area contributed by atoms with E-state index in [1.165, 1.54) is 22.9 Å². The molecule has 4 rings (SSSR count). The fourth-order valence-electron chi connectivity index (χ4n) is 3.67. The molecule has 2 aliphatic rings. The van der Waals surface area contributed by atoms with Gasteiger partial charge in [0.05, 0.1) is 19.3 Å². The van der Waals surface area contributed by atoms with Gasteiger partial charge in [0.25, 0.3) is 0 Å². The number of nitrogens with zero attached hydrogens (tertiary/aromatic N) is 1. The monoisotopic (exact) mass is 314 g/mol. The summed E-state index contributed by atoms with van der Waals surface area (Å²) in [5, 5.41) is 1.29. The van der Waals surface area contributed by atoms with Crippen molar-refractivity contribution in [2.24, 2.45) is 5.92 Å². The summed E-state index contributed by atoms with van der Waals surface area (Å²) < 4.78 is 11.5. The SMILES string of the molecule is c1cc2ccc(CN3CCC(OCC4CCOC4)CC3)cc2[nH]1. The Balaban J connectivity index is 1.24. The van der Waals surface area contributed by atoms with Crippen molar-refractivity contribution in [3.05, 3.63) is 36.0 Å². The smallest absolute Gasteiger partial charge is 0.0599 e. The minimum Gasteiger partial charge on any atom is -0.381 e. The molecule has 0 amide bonds. The maximum atomic E-state index is 6.10. The zero-order valence-electron chi connectivity index (χ0n) is 13.7. The van der Waals surface area contributed by atoms with E-state index in [4.69, 9.17) is 9.47 Å². The highest BCUT2D eigenvalue weighted by Crippen LogP contribution is 2.21. The van der Waals surface area contributed by atoms with Crippen molar-refractivity contribution in [3.63, 3.8) is 0 Å². The summed E-state index contributed by atoms with van der Waals surface area (Å²) >= 11 is 0. The zero-order chi connectivity index (χ0) is 15.5. The number of rotatable bonds is 5. The molecule has 1 unspecified atom stereocenters. The minimum absolute atomic E-state index is 0.442. The Morgan fingerprint density at radius 2 is 2.09 bits per heavy atom. The molecule has 2 aliphatic heterocycles. The predicted octanol–water partition coefficient (Wildman–Crippen LogP) is 3.19. The Bertz CT molecular complexity index is 625. The molecule has 1 atom stereocenters. The van der Waals surface area contributed by atoms with E-state index in [1.807, 2.05) is 6.20 Å². The summed E-state index contributed by atoms with van der Waals surface area (Å²) in [5.74, 6) is 0.626. The maximum absolute atomic E-state index is 6.10. The van der Waals surface area contributed by atoms with Gasteiger partial charge < -0.3 is 14.5 Å². The molecule has 4 nitrogen and oxygen atoms in total. The average molecular weight is 314 g/mol. The van der Waals surface area contributed by atoms with Gasteiger partial charge in [0, 0.05) is 43.9 Å². The number of likely N-dealkylation sites (tertiary alicyclic amines) is 1. The molecule has 3 heterocycles. The van der Waals surface area contributed by atoms with Crippen molar-refractivity contribution < 1.29 is 9.47 Å². The van der Waals surface area contributed by atoms with Crippen LogP contribution in [0.5, 0.6) is 0 Å². The third-order valence-corrected chi connectivity index (χ3v) is 5.15. The van der Waals surface area contributed by atoms with E-state index in [-0.39, 0.29) is 0 Å². The minimum atomic E-state index is 0.442. The van der Waals surface area contributed by atoms with Gasteiger partial charge in [-0.05, 0) is 42.3 Å². The Morgan fingerprint density at radius 1 is 1.17 bits per heavy atom. The van der Waals surface area contributed by atoms with Crippen LogP contribution in [0.4, 0.5) is 0 Å². The Kier molecular flexibility index (Phi) is 4.64. The lowest BCUT2D eigenvalue weighted by Crippen LogP contribution is -2.37. The van der Waals surface area contributed by atoms with Crippen molar-refractivity contribution in [3.8, 4) is 0 Å². The molecule has 4 heteroatoms. The topological polar surface area (TPSA) is 37.5 Å². The molecular weight excluding hydrogens is 288 g/mol. The normalized spacial score (nSPS) is 23.7. The van der Waals surface area contributed by atoms with Crippen LogP contribution in [-0.2, 0) is 16.0 Å². The summed E-state index contributed by atoms with van der Waals surface area (Å²) in [6.07, 6.45) is 5.92. The van der Waals surface area contributed by atoms with Gasteiger partial charge in [0.15, 0.2) is 0 Å². The van der Waals surface area contributed by atoms with Crippen molar-refractivity contribution in [1.29, 1.82) is 0 Å². The number of aromatic nitrogens is 1. The molecular formula is C19H26N2O2. The molecule has 23 heavy (non-hydrogen) atoms. The van der Waals surface area contributed by atoms with E-state index in [0.717, 1.165) is 52.3 Å². The van der Waals surface area contributed by atoms with E-state index in [0.29, 0.717) is 12.0 Å². The second kappa shape index (κ2) is 7.04. The van der Waals surface area contributed by atoms with Crippen LogP contribution in [0.1, 0.15) is 24.8 Å². The maximum Gasteiger partial charge on any atom is 0.0599 e. The molecule has 1 N–H and O–H groups in total. The zero-order valence-corrected chi connectivity index (χ0v) is 13.7. The Morgan fingerprint density at radius 3 is 2.91 bits per heavy atom. The molecule has 2 saturated heterocycles. The molecule has 1 aromatic heterocycles. The van der Waals surface area contributed by atoms with Gasteiger partial charge in [0.1, 0.15) is 0 Å². The largest absolute Gasteiger partial charge is 0.381 e. The number of fused-ring (bicyclic) bond motifs is 1. The number of hydrogen-bond donors (Lipinski definition) is 1. The predicted molar refractivity (Wildman–Crippen MR) is 91.5 cm³/mol. The highest BCUT2D eigenvalue weighted by atomic mass is 16.5. The van der Waals surface area contributed by atoms with Crippen LogP contribution in [0.25, 0.3) is 10.9 Å². The quantitative estimate of drug-likeness (QED) is 0.921. The molecule has 2 fully saturated rings. The van der Waals surface area contributed by atoms with Gasteiger partial charge in [-0.3, -0.25) is 4.90 Å². The summed E-state index contributed by atoms with van der Waals surface area (Å²) in [5.41, 5.74) is 2.63. The molecule has 0 aliphatic carbocycles. The van der Waals surface area contributed by atoms with Crippen LogP contribution in [0.2, 0.25) is 0 Å². The highest BCUT2D eigenvalue weighted by Gasteiger charge is 2.22. The van der Waals surface area contributed by atoms with Gasteiger partial charge in [-0.1, -0.05) is 12.1 Å². The van der Waals surface area contributed by atoms with E-state index in [9.17, 15) is 0 Å². The van der Waals surface area contributed by atoms with Gasteiger partial charge in [0.2, 0.25) is 0 Å². The molecule has 0 spiro atoms. The fraction of sp³-hybridized carbons (Fsp3) is 0.579.